The summed E-state index contributed by atoms with van der Waals surface area (Å²) in [6.45, 7) is 6.36. The van der Waals surface area contributed by atoms with E-state index >= 15 is 0 Å². The molecule has 0 aliphatic heterocycles. The van der Waals surface area contributed by atoms with Gasteiger partial charge in [0.15, 0.2) is 0 Å². The molecule has 2 rings (SSSR count). The lowest BCUT2D eigenvalue weighted by Gasteiger charge is -2.15. The molecule has 0 spiro atoms. The van der Waals surface area contributed by atoms with Crippen molar-refractivity contribution >= 4 is 11.6 Å². The number of pyridine rings is 1. The van der Waals surface area contributed by atoms with Crippen molar-refractivity contribution in [1.82, 2.24) is 4.98 Å². The number of hydrogen-bond acceptors (Lipinski definition) is 2. The molecular formula is C16H18ClNO. The van der Waals surface area contributed by atoms with Gasteiger partial charge in [0.25, 0.3) is 0 Å². The highest BCUT2D eigenvalue weighted by Crippen LogP contribution is 2.32. The second-order valence-electron chi connectivity index (χ2n) is 4.90. The van der Waals surface area contributed by atoms with Crippen LogP contribution in [0, 0.1) is 6.92 Å². The third-order valence-electron chi connectivity index (χ3n) is 2.99. The Hall–Kier alpha value is -1.54. The number of ether oxygens (including phenoxy) is 1. The number of aryl methyl sites for hydroxylation is 1. The summed E-state index contributed by atoms with van der Waals surface area (Å²) in [7, 11) is 0. The molecule has 3 heteroatoms. The Morgan fingerprint density at radius 1 is 1.26 bits per heavy atom. The van der Waals surface area contributed by atoms with Crippen LogP contribution in [0.3, 0.4) is 0 Å². The minimum absolute atomic E-state index is 0.395. The summed E-state index contributed by atoms with van der Waals surface area (Å²) in [6, 6.07) is 10.0. The molecule has 19 heavy (non-hydrogen) atoms. The van der Waals surface area contributed by atoms with Gasteiger partial charge in [0, 0.05) is 11.8 Å². The number of hydrogen-bond donors (Lipinski definition) is 0. The van der Waals surface area contributed by atoms with E-state index in [1.165, 1.54) is 11.1 Å². The van der Waals surface area contributed by atoms with Crippen LogP contribution >= 0.6 is 11.6 Å². The van der Waals surface area contributed by atoms with Gasteiger partial charge in [-0.05, 0) is 36.1 Å². The molecule has 100 valence electrons. The van der Waals surface area contributed by atoms with Gasteiger partial charge in [-0.2, -0.15) is 0 Å². The van der Waals surface area contributed by atoms with E-state index < -0.39 is 0 Å². The Morgan fingerprint density at radius 2 is 2.05 bits per heavy atom. The third kappa shape index (κ3) is 3.27. The highest BCUT2D eigenvalue weighted by Gasteiger charge is 2.11. The van der Waals surface area contributed by atoms with E-state index in [4.69, 9.17) is 16.3 Å². The number of alkyl halides is 1. The Labute approximate surface area is 119 Å². The van der Waals surface area contributed by atoms with Gasteiger partial charge in [0.1, 0.15) is 5.75 Å². The topological polar surface area (TPSA) is 22.1 Å². The average molecular weight is 276 g/mol. The van der Waals surface area contributed by atoms with Gasteiger partial charge in [-0.15, -0.1) is 11.6 Å². The van der Waals surface area contributed by atoms with Gasteiger partial charge in [0.2, 0.25) is 5.88 Å². The van der Waals surface area contributed by atoms with Crippen molar-refractivity contribution in [3.8, 4) is 11.6 Å². The van der Waals surface area contributed by atoms with Crippen LogP contribution in [0.1, 0.15) is 36.5 Å². The zero-order valence-corrected chi connectivity index (χ0v) is 12.2. The largest absolute Gasteiger partial charge is 0.438 e. The summed E-state index contributed by atoms with van der Waals surface area (Å²) in [6.07, 6.45) is 1.72. The molecule has 0 aliphatic carbocycles. The van der Waals surface area contributed by atoms with Gasteiger partial charge in [-0.3, -0.25) is 0 Å². The Balaban J connectivity index is 2.39. The maximum atomic E-state index is 5.98. The van der Waals surface area contributed by atoms with Crippen LogP contribution in [0.15, 0.2) is 36.5 Å². The molecule has 0 N–H and O–H groups in total. The summed E-state index contributed by atoms with van der Waals surface area (Å²) in [5.74, 6) is 2.25. The molecule has 1 aromatic carbocycles. The molecule has 1 heterocycles. The molecule has 0 unspecified atom stereocenters. The zero-order chi connectivity index (χ0) is 13.8. The minimum Gasteiger partial charge on any atom is -0.438 e. The average Bonchev–Trinajstić information content (AvgIpc) is 2.39. The number of benzene rings is 1. The number of rotatable bonds is 4. The molecule has 0 fully saturated rings. The molecule has 2 aromatic rings. The molecule has 0 saturated heterocycles. The number of nitrogens with zero attached hydrogens (tertiary/aromatic N) is 1. The second-order valence-corrected chi connectivity index (χ2v) is 5.17. The predicted molar refractivity (Wildman–Crippen MR) is 79.1 cm³/mol. The third-order valence-corrected chi connectivity index (χ3v) is 3.28. The van der Waals surface area contributed by atoms with Crippen molar-refractivity contribution in [2.45, 2.75) is 32.6 Å². The lowest BCUT2D eigenvalue weighted by atomic mass is 10.0. The maximum absolute atomic E-state index is 5.98. The van der Waals surface area contributed by atoms with Crippen LogP contribution in [0.2, 0.25) is 0 Å². The van der Waals surface area contributed by atoms with Crippen molar-refractivity contribution in [3.63, 3.8) is 0 Å². The van der Waals surface area contributed by atoms with Crippen molar-refractivity contribution in [3.05, 3.63) is 53.2 Å². The first kappa shape index (κ1) is 13.9. The summed E-state index contributed by atoms with van der Waals surface area (Å²) < 4.78 is 5.98. The molecule has 0 aliphatic rings. The fraction of sp³-hybridized carbons (Fsp3) is 0.312. The van der Waals surface area contributed by atoms with Crippen molar-refractivity contribution in [1.29, 1.82) is 0 Å². The minimum atomic E-state index is 0.395. The van der Waals surface area contributed by atoms with Crippen molar-refractivity contribution < 1.29 is 4.74 Å². The first-order valence-corrected chi connectivity index (χ1v) is 6.93. The number of halogens is 1. The number of aromatic nitrogens is 1. The molecule has 1 aromatic heterocycles. The Kier molecular flexibility index (Phi) is 4.43. The smallest absolute Gasteiger partial charge is 0.223 e. The fourth-order valence-corrected chi connectivity index (χ4v) is 2.13. The van der Waals surface area contributed by atoms with Gasteiger partial charge in [-0.25, -0.2) is 4.98 Å². The van der Waals surface area contributed by atoms with Crippen LogP contribution in [0.5, 0.6) is 11.6 Å². The molecule has 0 amide bonds. The molecule has 2 nitrogen and oxygen atoms in total. The fourth-order valence-electron chi connectivity index (χ4n) is 1.93. The van der Waals surface area contributed by atoms with Gasteiger partial charge in [0.05, 0.1) is 5.88 Å². The lowest BCUT2D eigenvalue weighted by molar-refractivity contribution is 0.449. The van der Waals surface area contributed by atoms with E-state index in [0.29, 0.717) is 17.7 Å². The molecule has 0 atom stereocenters. The highest BCUT2D eigenvalue weighted by molar-refractivity contribution is 6.17. The molecule has 0 bridgehead atoms. The standard InChI is InChI=1S/C16H18ClNO/c1-11(2)14-7-6-12(3)9-15(14)19-16-13(10-17)5-4-8-18-16/h4-9,11H,10H2,1-3H3. The summed E-state index contributed by atoms with van der Waals surface area (Å²) >= 11 is 5.91. The molecule has 0 saturated carbocycles. The van der Waals surface area contributed by atoms with Crippen LogP contribution in [0.4, 0.5) is 0 Å². The summed E-state index contributed by atoms with van der Waals surface area (Å²) in [4.78, 5) is 4.27. The Bertz CT molecular complexity index is 566. The quantitative estimate of drug-likeness (QED) is 0.729. The van der Waals surface area contributed by atoms with Gasteiger partial charge in [-0.1, -0.05) is 32.0 Å². The highest BCUT2D eigenvalue weighted by atomic mass is 35.5. The van der Waals surface area contributed by atoms with Crippen molar-refractivity contribution in [2.75, 3.05) is 0 Å². The van der Waals surface area contributed by atoms with E-state index in [-0.39, 0.29) is 0 Å². The summed E-state index contributed by atoms with van der Waals surface area (Å²) in [5.41, 5.74) is 3.25. The normalized spacial score (nSPS) is 10.8. The lowest BCUT2D eigenvalue weighted by Crippen LogP contribution is -1.98. The maximum Gasteiger partial charge on any atom is 0.223 e. The van der Waals surface area contributed by atoms with Gasteiger partial charge >= 0.3 is 0 Å². The SMILES string of the molecule is Cc1ccc(C(C)C)c(Oc2ncccc2CCl)c1. The van der Waals surface area contributed by atoms with E-state index in [9.17, 15) is 0 Å². The molecular weight excluding hydrogens is 258 g/mol. The van der Waals surface area contributed by atoms with Crippen molar-refractivity contribution in [2.24, 2.45) is 0 Å². The predicted octanol–water partition coefficient (Wildman–Crippen LogP) is 5.04. The van der Waals surface area contributed by atoms with E-state index in [0.717, 1.165) is 11.3 Å². The van der Waals surface area contributed by atoms with Crippen LogP contribution in [-0.2, 0) is 5.88 Å². The van der Waals surface area contributed by atoms with Gasteiger partial charge < -0.3 is 4.74 Å². The first-order chi connectivity index (χ1) is 9.11. The van der Waals surface area contributed by atoms with Crippen LogP contribution < -0.4 is 4.74 Å². The van der Waals surface area contributed by atoms with E-state index in [1.54, 1.807) is 6.20 Å². The second kappa shape index (κ2) is 6.07. The molecule has 0 radical (unpaired) electrons. The first-order valence-electron chi connectivity index (χ1n) is 6.40. The summed E-state index contributed by atoms with van der Waals surface area (Å²) in [5, 5.41) is 0. The monoisotopic (exact) mass is 275 g/mol. The van der Waals surface area contributed by atoms with Crippen LogP contribution in [-0.4, -0.2) is 4.98 Å². The van der Waals surface area contributed by atoms with E-state index in [1.807, 2.05) is 18.2 Å². The Morgan fingerprint density at radius 3 is 2.74 bits per heavy atom. The van der Waals surface area contributed by atoms with Crippen LogP contribution in [0.25, 0.3) is 0 Å². The zero-order valence-electron chi connectivity index (χ0n) is 11.5. The van der Waals surface area contributed by atoms with E-state index in [2.05, 4.69) is 37.9 Å².